The highest BCUT2D eigenvalue weighted by Crippen LogP contribution is 2.30. The van der Waals surface area contributed by atoms with Crippen molar-refractivity contribution in [2.24, 2.45) is 11.8 Å². The first-order chi connectivity index (χ1) is 21.1. The number of hydrogen-bond donors (Lipinski definition) is 2. The lowest BCUT2D eigenvalue weighted by Gasteiger charge is -2.23. The molecule has 0 spiro atoms. The molecule has 0 aromatic heterocycles. The molecule has 0 heterocycles. The van der Waals surface area contributed by atoms with E-state index in [0.29, 0.717) is 18.3 Å². The zero-order valence-corrected chi connectivity index (χ0v) is 27.4. The third-order valence-corrected chi connectivity index (χ3v) is 7.86. The van der Waals surface area contributed by atoms with Gasteiger partial charge in [-0.2, -0.15) is 0 Å². The monoisotopic (exact) mass is 612 g/mol. The van der Waals surface area contributed by atoms with Gasteiger partial charge in [0.25, 0.3) is 0 Å². The van der Waals surface area contributed by atoms with Crippen LogP contribution in [-0.2, 0) is 22.3 Å². The average Bonchev–Trinajstić information content (AvgIpc) is 3.01. The van der Waals surface area contributed by atoms with Crippen molar-refractivity contribution >= 4 is 23.9 Å². The van der Waals surface area contributed by atoms with Gasteiger partial charge in [-0.15, -0.1) is 0 Å². The van der Waals surface area contributed by atoms with Gasteiger partial charge in [-0.3, -0.25) is 0 Å². The Hall–Kier alpha value is -3.68. The van der Waals surface area contributed by atoms with Crippen LogP contribution in [0.3, 0.4) is 0 Å². The first-order valence-corrected chi connectivity index (χ1v) is 16.1. The topological polar surface area (TPSA) is 127 Å². The molecule has 0 saturated heterocycles. The van der Waals surface area contributed by atoms with Crippen LogP contribution in [0.25, 0.3) is 0 Å². The van der Waals surface area contributed by atoms with E-state index in [1.165, 1.54) is 12.5 Å². The molecule has 8 heteroatoms. The Morgan fingerprint density at radius 1 is 0.636 bits per heavy atom. The highest BCUT2D eigenvalue weighted by molar-refractivity contribution is 6.03. The molecule has 0 aliphatic heterocycles. The van der Waals surface area contributed by atoms with Crippen molar-refractivity contribution in [3.63, 3.8) is 0 Å². The Labute approximate surface area is 263 Å². The van der Waals surface area contributed by atoms with Crippen LogP contribution in [-0.4, -0.2) is 47.3 Å². The number of hydrogen-bond acceptors (Lipinski definition) is 6. The van der Waals surface area contributed by atoms with Gasteiger partial charge in [-0.25, -0.2) is 19.2 Å². The molecule has 2 rings (SSSR count). The zero-order chi connectivity index (χ0) is 33.1. The summed E-state index contributed by atoms with van der Waals surface area (Å²) in [6, 6.07) is 9.80. The summed E-state index contributed by atoms with van der Waals surface area (Å²) in [5.41, 5.74) is 2.18. The summed E-state index contributed by atoms with van der Waals surface area (Å²) in [5, 5.41) is 19.4. The van der Waals surface area contributed by atoms with Gasteiger partial charge in [-0.05, 0) is 67.9 Å². The van der Waals surface area contributed by atoms with E-state index in [1.54, 1.807) is 38.1 Å². The number of ether oxygens (including phenoxy) is 2. The number of unbranched alkanes of at least 4 members (excludes halogenated alkanes) is 2. The summed E-state index contributed by atoms with van der Waals surface area (Å²) >= 11 is 0. The lowest BCUT2D eigenvalue weighted by molar-refractivity contribution is 0.0479. The van der Waals surface area contributed by atoms with Crippen LogP contribution in [0.4, 0.5) is 0 Å². The fourth-order valence-corrected chi connectivity index (χ4v) is 5.28. The van der Waals surface area contributed by atoms with E-state index < -0.39 is 23.9 Å². The molecule has 8 nitrogen and oxygen atoms in total. The van der Waals surface area contributed by atoms with Crippen LogP contribution in [0.1, 0.15) is 145 Å². The summed E-state index contributed by atoms with van der Waals surface area (Å²) in [5.74, 6) is -2.41. The predicted molar refractivity (Wildman–Crippen MR) is 173 cm³/mol. The lowest BCUT2D eigenvalue weighted by Crippen LogP contribution is -2.18. The zero-order valence-electron chi connectivity index (χ0n) is 27.4. The summed E-state index contributed by atoms with van der Waals surface area (Å²) < 4.78 is 9.70. The van der Waals surface area contributed by atoms with Crippen LogP contribution >= 0.6 is 0 Å². The van der Waals surface area contributed by atoms with E-state index in [0.717, 1.165) is 62.5 Å². The second-order valence-corrected chi connectivity index (χ2v) is 11.0. The van der Waals surface area contributed by atoms with E-state index in [1.807, 2.05) is 6.07 Å². The normalized spacial score (nSPS) is 12.0. The van der Waals surface area contributed by atoms with Crippen molar-refractivity contribution in [3.05, 3.63) is 69.8 Å². The Kier molecular flexibility index (Phi) is 18.4. The first kappa shape index (κ1) is 38.3. The highest BCUT2D eigenvalue weighted by Gasteiger charge is 2.25. The maximum Gasteiger partial charge on any atom is 0.338 e. The number of carboxylic acid groups (broad SMARTS) is 2. The maximum absolute atomic E-state index is 12.0. The van der Waals surface area contributed by atoms with Crippen LogP contribution in [0.2, 0.25) is 0 Å². The molecule has 244 valence electrons. The first-order valence-electron chi connectivity index (χ1n) is 16.1. The number of carbonyl (C=O) groups excluding carboxylic acids is 2. The number of carbonyl (C=O) groups is 4. The third-order valence-electron chi connectivity index (χ3n) is 7.86. The van der Waals surface area contributed by atoms with Gasteiger partial charge in [-0.1, -0.05) is 97.3 Å². The summed E-state index contributed by atoms with van der Waals surface area (Å²) in [6.07, 6.45) is 10.2. The van der Waals surface area contributed by atoms with Gasteiger partial charge in [0, 0.05) is 0 Å². The molecule has 2 aromatic carbocycles. The molecular weight excluding hydrogens is 560 g/mol. The second kappa shape index (κ2) is 21.1. The summed E-state index contributed by atoms with van der Waals surface area (Å²) in [4.78, 5) is 46.8. The molecule has 0 amide bonds. The third kappa shape index (κ3) is 12.1. The standard InChI is InChI=1S/C24H38O4.C12H14O4/c1-5-9-11-17(7-3)15-19-13-14-20(23(25)26)22(24(27)28)21(19)16-18(8-4)12-10-6-2;1-3-15-11(13)9-7-5-6-8-10(9)12(14)16-4-2/h13-14,17-18H,5-12,15-16H2,1-4H3,(H,25,26)(H,27,28);5-8H,3-4H2,1-2H3. The fraction of sp³-hybridized carbons (Fsp3) is 0.556. The van der Waals surface area contributed by atoms with E-state index in [4.69, 9.17) is 9.47 Å². The minimum absolute atomic E-state index is 0.00490. The smallest absolute Gasteiger partial charge is 0.338 e. The Balaban J connectivity index is 0.000000511. The molecule has 2 N–H and O–H groups in total. The SMILES string of the molecule is CCCCC(CC)Cc1ccc(C(=O)O)c(C(=O)O)c1CC(CC)CCCC.CCOC(=O)c1ccccc1C(=O)OCC. The number of esters is 2. The molecule has 44 heavy (non-hydrogen) atoms. The second-order valence-electron chi connectivity index (χ2n) is 11.0. The Bertz CT molecular complexity index is 1170. The summed E-state index contributed by atoms with van der Waals surface area (Å²) in [7, 11) is 0. The largest absolute Gasteiger partial charge is 0.478 e. The van der Waals surface area contributed by atoms with E-state index in [-0.39, 0.29) is 35.5 Å². The average molecular weight is 613 g/mol. The molecule has 0 aliphatic rings. The van der Waals surface area contributed by atoms with Crippen molar-refractivity contribution in [2.75, 3.05) is 13.2 Å². The Morgan fingerprint density at radius 3 is 1.50 bits per heavy atom. The number of benzene rings is 2. The minimum Gasteiger partial charge on any atom is -0.478 e. The van der Waals surface area contributed by atoms with Gasteiger partial charge >= 0.3 is 23.9 Å². The van der Waals surface area contributed by atoms with Gasteiger partial charge in [0.15, 0.2) is 0 Å². The van der Waals surface area contributed by atoms with Crippen LogP contribution in [0, 0.1) is 11.8 Å². The molecule has 2 atom stereocenters. The van der Waals surface area contributed by atoms with Crippen LogP contribution < -0.4 is 0 Å². The fourth-order valence-electron chi connectivity index (χ4n) is 5.28. The predicted octanol–water partition coefficient (Wildman–Crippen LogP) is 8.64. The molecule has 0 aliphatic carbocycles. The van der Waals surface area contributed by atoms with Gasteiger partial charge in [0.2, 0.25) is 0 Å². The van der Waals surface area contributed by atoms with E-state index >= 15 is 0 Å². The lowest BCUT2D eigenvalue weighted by atomic mass is 9.82. The molecule has 2 aromatic rings. The number of rotatable bonds is 18. The van der Waals surface area contributed by atoms with Crippen LogP contribution in [0.5, 0.6) is 0 Å². The van der Waals surface area contributed by atoms with E-state index in [9.17, 15) is 29.4 Å². The van der Waals surface area contributed by atoms with Crippen molar-refractivity contribution in [1.82, 2.24) is 0 Å². The number of aromatic carboxylic acids is 2. The summed E-state index contributed by atoms with van der Waals surface area (Å²) in [6.45, 7) is 12.6. The van der Waals surface area contributed by atoms with Gasteiger partial charge < -0.3 is 19.7 Å². The molecular formula is C36H52O8. The van der Waals surface area contributed by atoms with Crippen molar-refractivity contribution in [1.29, 1.82) is 0 Å². The van der Waals surface area contributed by atoms with Crippen molar-refractivity contribution in [3.8, 4) is 0 Å². The molecule has 0 fully saturated rings. The highest BCUT2D eigenvalue weighted by atomic mass is 16.5. The van der Waals surface area contributed by atoms with Crippen molar-refractivity contribution < 1.29 is 38.9 Å². The molecule has 0 bridgehead atoms. The molecule has 0 saturated carbocycles. The number of carboxylic acids is 2. The van der Waals surface area contributed by atoms with Gasteiger partial charge in [0.1, 0.15) is 0 Å². The molecule has 0 radical (unpaired) electrons. The van der Waals surface area contributed by atoms with E-state index in [2.05, 4.69) is 27.7 Å². The minimum atomic E-state index is -1.16. The quantitative estimate of drug-likeness (QED) is 0.160. The Morgan fingerprint density at radius 2 is 1.11 bits per heavy atom. The van der Waals surface area contributed by atoms with Crippen LogP contribution in [0.15, 0.2) is 36.4 Å². The van der Waals surface area contributed by atoms with Gasteiger partial charge in [0.05, 0.1) is 35.5 Å². The maximum atomic E-state index is 12.0. The van der Waals surface area contributed by atoms with Crippen molar-refractivity contribution in [2.45, 2.75) is 106 Å². The molecule has 2 unspecified atom stereocenters.